The fourth-order valence-corrected chi connectivity index (χ4v) is 50.3. The van der Waals surface area contributed by atoms with Crippen LogP contribution in [0, 0.1) is 375 Å². The number of anilines is 6. The highest BCUT2D eigenvalue weighted by Crippen LogP contribution is 2.94. The van der Waals surface area contributed by atoms with Gasteiger partial charge in [-0.05, 0) is 468 Å². The number of nitrogen functional groups attached to an aromatic ring is 1. The molecule has 6 N–H and O–H groups in total. The molecule has 0 aliphatic heterocycles. The minimum atomic E-state index is -0.374. The maximum absolute atomic E-state index is 17.8. The van der Waals surface area contributed by atoms with Crippen molar-refractivity contribution in [3.8, 4) is 0 Å². The van der Waals surface area contributed by atoms with Gasteiger partial charge in [0.15, 0.2) is 23.1 Å². The fourth-order valence-electron chi connectivity index (χ4n) is 50.3. The van der Waals surface area contributed by atoms with Crippen molar-refractivity contribution in [1.82, 2.24) is 0 Å². The van der Waals surface area contributed by atoms with Gasteiger partial charge >= 0.3 is 0 Å². The summed E-state index contributed by atoms with van der Waals surface area (Å²) in [4.78, 5) is 80.8. The molecule has 4 aromatic rings. The molecule has 0 heterocycles. The summed E-state index contributed by atoms with van der Waals surface area (Å²) in [6, 6.07) is 14.7. The van der Waals surface area contributed by atoms with E-state index in [2.05, 4.69) is 132 Å². The van der Waals surface area contributed by atoms with Crippen molar-refractivity contribution in [1.29, 1.82) is 0 Å². The standard InChI is InChI=1S/C119H153N5O5/c1-38-21-26-58-70(44(38)7)74-48(11)49(12)78-79-53(16)51(14)76-72-46(9)42(5)36-57-25-28-60-86(83(57)72)105-97(76)101(79)109-107-99(78)95(74)103-84(58)59-27-24-56-35-41(4)45(8)71-75-50(13)54(17)80-81-55(18)52(15)77-73-47(10)43(6)37-61(88(73)87(60)106-98(77)102(81)110(114(109)112(105)106)108-100(80)96(75)104(85(59)82(56)71)111(103)113(107)108)119(129)124-67-31-23-40(3)69-93(67)116(126)68-39(2)22-30-65(92(68)115(69)125)123-66-34-33-64(122-20)91-94(66)118(128)90-63(121-19)32-29-62(120)89(90)117(91)127/h22-23,29-34,38,41-61,70-88,95-114,121-123H,21,24-28,35-37,120H2,1-20H3,(H,124,129). The summed E-state index contributed by atoms with van der Waals surface area (Å²) in [5, 5.41) is 13.7. The number of amides is 1. The normalized spacial score (nSPS) is 57.5. The van der Waals surface area contributed by atoms with Crippen LogP contribution >= 0.6 is 0 Å². The van der Waals surface area contributed by atoms with E-state index in [0.29, 0.717) is 110 Å². The van der Waals surface area contributed by atoms with Crippen LogP contribution in [0.4, 0.5) is 34.1 Å². The van der Waals surface area contributed by atoms with Crippen LogP contribution in [0.1, 0.15) is 243 Å². The van der Waals surface area contributed by atoms with Gasteiger partial charge in [0.2, 0.25) is 5.91 Å². The first kappa shape index (κ1) is 80.5. The molecule has 10 nitrogen and oxygen atoms in total. The van der Waals surface area contributed by atoms with Crippen molar-refractivity contribution in [3.63, 3.8) is 0 Å². The summed E-state index contributed by atoms with van der Waals surface area (Å²) in [6.07, 6.45) is 12.8. The number of rotatable bonds is 6. The number of nitrogens with one attached hydrogen (secondary N) is 4. The van der Waals surface area contributed by atoms with Crippen LogP contribution in [0.25, 0.3) is 0 Å². The largest absolute Gasteiger partial charge is 0.398 e. The van der Waals surface area contributed by atoms with E-state index < -0.39 is 0 Å². The van der Waals surface area contributed by atoms with Crippen LogP contribution in [0.2, 0.25) is 0 Å². The number of nitrogens with two attached hydrogens (primary N) is 1. The zero-order valence-corrected chi connectivity index (χ0v) is 81.3. The maximum Gasteiger partial charge on any atom is 0.227 e. The van der Waals surface area contributed by atoms with Crippen molar-refractivity contribution in [2.24, 2.45) is 361 Å². The number of carbonyl (C=O) groups is 5. The van der Waals surface area contributed by atoms with E-state index in [0.717, 1.165) is 302 Å². The van der Waals surface area contributed by atoms with Gasteiger partial charge in [0, 0.05) is 48.2 Å². The SMILES string of the molecule is CNc1ccc(N)c2c1C(=O)c1c(Nc3ccc(C)c4c3C(=O)c3c(C)ccc(NC(=O)C5CC(C)C(C)C6C5C5C7CCC8CC(C)C(C)C9C8C7C7C8C9C(C)C(C)C9C%10C(C)C(C)C%11C%12C(C)C(C)CCC%12C%12C%13CCC%14CC(C)C(C)C%15C%14C%13C%13C%14C%15C(C)C(C)C%15C%16C(C)C(C)C6C6C%16C%16C(C%15%14)C%14C%13C%12C%11C%10C%14C(C98)C%16C7C56)c3C4=O)ccc(NC)c1C2=O. The van der Waals surface area contributed by atoms with Gasteiger partial charge < -0.3 is 27.0 Å². The Kier molecular flexibility index (Phi) is 16.4. The molecule has 0 radical (unpaired) electrons. The van der Waals surface area contributed by atoms with E-state index in [1.165, 1.54) is 32.1 Å². The van der Waals surface area contributed by atoms with Crippen molar-refractivity contribution in [2.75, 3.05) is 41.1 Å². The average molecular weight is 1730 g/mol. The summed E-state index contributed by atoms with van der Waals surface area (Å²) in [6.45, 7) is 50.4. The summed E-state index contributed by atoms with van der Waals surface area (Å²) in [5.41, 5.74) is 12.3. The second-order valence-electron chi connectivity index (χ2n) is 53.9. The molecule has 25 aliphatic carbocycles. The molecule has 61 unspecified atom stereocenters. The monoisotopic (exact) mass is 1730 g/mol. The fraction of sp³-hybridized carbons (Fsp3) is 0.756. The smallest absolute Gasteiger partial charge is 0.227 e. The second-order valence-corrected chi connectivity index (χ2v) is 53.9. The molecule has 23 fully saturated rings. The number of carbonyl (C=O) groups excluding carboxylic acids is 5. The predicted octanol–water partition coefficient (Wildman–Crippen LogP) is 23.9. The van der Waals surface area contributed by atoms with Crippen LogP contribution < -0.4 is 27.0 Å². The Morgan fingerprint density at radius 3 is 0.961 bits per heavy atom. The van der Waals surface area contributed by atoms with Gasteiger partial charge in [-0.3, -0.25) is 24.0 Å². The third-order valence-electron chi connectivity index (χ3n) is 53.2. The average Bonchev–Trinajstić information content (AvgIpc) is 0.673. The summed E-state index contributed by atoms with van der Waals surface area (Å²) < 4.78 is 0. The topological polar surface area (TPSA) is 159 Å². The van der Waals surface area contributed by atoms with Crippen molar-refractivity contribution in [2.45, 2.75) is 182 Å². The Balaban J connectivity index is 0.617. The van der Waals surface area contributed by atoms with E-state index >= 15 is 19.2 Å². The number of hydrogen-bond donors (Lipinski definition) is 5. The van der Waals surface area contributed by atoms with Crippen LogP contribution in [0.15, 0.2) is 48.5 Å². The Bertz CT molecular complexity index is 5590. The molecule has 29 rings (SSSR count). The van der Waals surface area contributed by atoms with Gasteiger partial charge in [0.25, 0.3) is 0 Å². The lowest BCUT2D eigenvalue weighted by Crippen LogP contribution is -2.86. The van der Waals surface area contributed by atoms with Gasteiger partial charge in [-0.25, -0.2) is 0 Å². The van der Waals surface area contributed by atoms with E-state index in [1.54, 1.807) is 57.6 Å². The number of aryl methyl sites for hydroxylation is 2. The summed E-state index contributed by atoms with van der Waals surface area (Å²) >= 11 is 0. The van der Waals surface area contributed by atoms with E-state index in [4.69, 9.17) is 5.73 Å². The molecule has 0 aromatic heterocycles. The van der Waals surface area contributed by atoms with E-state index in [-0.39, 0.29) is 74.4 Å². The number of benzene rings is 4. The van der Waals surface area contributed by atoms with Gasteiger partial charge in [-0.2, -0.15) is 0 Å². The first-order chi connectivity index (χ1) is 62.1. The highest BCUT2D eigenvalue weighted by Gasteiger charge is 2.90. The molecule has 1 amide bonds. The van der Waals surface area contributed by atoms with E-state index in [9.17, 15) is 4.79 Å². The Labute approximate surface area is 770 Å². The first-order valence-corrected chi connectivity index (χ1v) is 55.0. The predicted molar refractivity (Wildman–Crippen MR) is 510 cm³/mol. The third-order valence-corrected chi connectivity index (χ3v) is 53.2. The third kappa shape index (κ3) is 8.91. The van der Waals surface area contributed by atoms with Gasteiger partial charge in [0.1, 0.15) is 0 Å². The first-order valence-electron chi connectivity index (χ1n) is 55.0. The second kappa shape index (κ2) is 26.3. The van der Waals surface area contributed by atoms with Crippen LogP contribution in [0.5, 0.6) is 0 Å². The Morgan fingerprint density at radius 1 is 0.256 bits per heavy atom. The molecular formula is C119H153N5O5. The molecule has 0 bridgehead atoms. The van der Waals surface area contributed by atoms with E-state index in [1.807, 2.05) is 38.1 Å². The zero-order chi connectivity index (χ0) is 88.2. The van der Waals surface area contributed by atoms with Crippen molar-refractivity contribution in [3.05, 3.63) is 104 Å². The molecule has 0 spiro atoms. The molecule has 4 aromatic carbocycles. The Hall–Kier alpha value is -5.77. The highest BCUT2D eigenvalue weighted by molar-refractivity contribution is 6.36. The number of hydrogen-bond acceptors (Lipinski definition) is 9. The maximum atomic E-state index is 17.8. The molecule has 0 saturated heterocycles. The van der Waals surface area contributed by atoms with Gasteiger partial charge in [-0.1, -0.05) is 129 Å². The van der Waals surface area contributed by atoms with Gasteiger partial charge in [0.05, 0.1) is 50.4 Å². The lowest BCUT2D eigenvalue weighted by atomic mass is 9.14. The molecular weight excluding hydrogens is 1580 g/mol. The molecule has 129 heavy (non-hydrogen) atoms. The minimum Gasteiger partial charge on any atom is -0.398 e. The quantitative estimate of drug-likeness (QED) is 0.102. The van der Waals surface area contributed by atoms with Crippen LogP contribution in [0.3, 0.4) is 0 Å². The van der Waals surface area contributed by atoms with Crippen LogP contribution in [-0.4, -0.2) is 43.1 Å². The molecule has 10 heteroatoms. The van der Waals surface area contributed by atoms with Crippen molar-refractivity contribution >= 4 is 63.2 Å². The minimum absolute atomic E-state index is 0.125. The molecule has 684 valence electrons. The Morgan fingerprint density at radius 2 is 0.527 bits per heavy atom. The summed E-state index contributed by atoms with van der Waals surface area (Å²) in [5.74, 6) is 46.6. The molecule has 25 aliphatic rings. The summed E-state index contributed by atoms with van der Waals surface area (Å²) in [7, 11) is 3.47. The molecule has 23 saturated carbocycles. The highest BCUT2D eigenvalue weighted by atomic mass is 16.2. The van der Waals surface area contributed by atoms with Crippen LogP contribution in [-0.2, 0) is 4.79 Å². The van der Waals surface area contributed by atoms with Gasteiger partial charge in [-0.15, -0.1) is 0 Å². The zero-order valence-electron chi connectivity index (χ0n) is 81.3. The number of fused-ring (bicyclic) bond motifs is 16. The molecule has 61 atom stereocenters. The van der Waals surface area contributed by atoms with Crippen molar-refractivity contribution < 1.29 is 24.0 Å². The number of ketones is 4. The lowest BCUT2D eigenvalue weighted by molar-refractivity contribution is -0.433. The lowest BCUT2D eigenvalue weighted by Gasteiger charge is -2.90.